The van der Waals surface area contributed by atoms with Crippen LogP contribution in [0.15, 0.2) is 36.5 Å². The smallest absolute Gasteiger partial charge is 0.224 e. The quantitative estimate of drug-likeness (QED) is 0.823. The first-order valence-corrected chi connectivity index (χ1v) is 7.64. The van der Waals surface area contributed by atoms with Gasteiger partial charge in [-0.1, -0.05) is 29.8 Å². The van der Waals surface area contributed by atoms with Crippen molar-refractivity contribution < 1.29 is 0 Å². The summed E-state index contributed by atoms with van der Waals surface area (Å²) in [7, 11) is 4.18. The fourth-order valence-electron chi connectivity index (χ4n) is 2.39. The first kappa shape index (κ1) is 16.2. The highest BCUT2D eigenvalue weighted by Crippen LogP contribution is 2.19. The van der Waals surface area contributed by atoms with Gasteiger partial charge >= 0.3 is 0 Å². The molecule has 2 rings (SSSR count). The van der Waals surface area contributed by atoms with E-state index in [1.54, 1.807) is 6.20 Å². The molecule has 0 amide bonds. The molecule has 0 unspecified atom stereocenters. The fraction of sp³-hybridized carbons (Fsp3) is 0.412. The molecule has 1 aromatic carbocycles. The largest absolute Gasteiger partial charge is 0.370 e. The first-order valence-electron chi connectivity index (χ1n) is 7.64. The van der Waals surface area contributed by atoms with Gasteiger partial charge in [-0.2, -0.15) is 4.98 Å². The third-order valence-corrected chi connectivity index (χ3v) is 3.52. The van der Waals surface area contributed by atoms with Crippen molar-refractivity contribution in [1.29, 1.82) is 0 Å². The molecule has 0 spiro atoms. The molecule has 22 heavy (non-hydrogen) atoms. The van der Waals surface area contributed by atoms with Gasteiger partial charge in [-0.25, -0.2) is 4.98 Å². The van der Waals surface area contributed by atoms with E-state index in [4.69, 9.17) is 0 Å². The number of nitrogens with zero attached hydrogens (tertiary/aromatic N) is 3. The number of rotatable bonds is 7. The molecule has 0 aliphatic heterocycles. The third-order valence-electron chi connectivity index (χ3n) is 3.52. The molecule has 0 bridgehead atoms. The molecule has 5 nitrogen and oxygen atoms in total. The van der Waals surface area contributed by atoms with Crippen LogP contribution in [0.25, 0.3) is 0 Å². The van der Waals surface area contributed by atoms with Crippen LogP contribution >= 0.6 is 0 Å². The maximum atomic E-state index is 4.45. The Kier molecular flexibility index (Phi) is 5.72. The number of anilines is 2. The monoisotopic (exact) mass is 299 g/mol. The fourth-order valence-corrected chi connectivity index (χ4v) is 2.39. The summed E-state index contributed by atoms with van der Waals surface area (Å²) in [4.78, 5) is 10.9. The average molecular weight is 299 g/mol. The van der Waals surface area contributed by atoms with E-state index in [1.165, 1.54) is 11.1 Å². The molecule has 0 fully saturated rings. The molecule has 0 saturated carbocycles. The van der Waals surface area contributed by atoms with Crippen LogP contribution in [0.5, 0.6) is 0 Å². The third kappa shape index (κ3) is 4.43. The predicted molar refractivity (Wildman–Crippen MR) is 92.3 cm³/mol. The highest BCUT2D eigenvalue weighted by molar-refractivity contribution is 5.39. The Morgan fingerprint density at radius 1 is 1.18 bits per heavy atom. The lowest BCUT2D eigenvalue weighted by atomic mass is 10.0. The lowest BCUT2D eigenvalue weighted by molar-refractivity contribution is 0.311. The number of likely N-dealkylation sites (N-methyl/N-ethyl adjacent to an activating group) is 1. The molecule has 0 aliphatic rings. The Balaban J connectivity index is 2.08. The first-order chi connectivity index (χ1) is 10.6. The minimum atomic E-state index is 0.270. The molecule has 0 saturated heterocycles. The molecule has 0 aliphatic carbocycles. The number of hydrogen-bond donors (Lipinski definition) is 2. The topological polar surface area (TPSA) is 53.1 Å². The number of aromatic nitrogens is 2. The van der Waals surface area contributed by atoms with Crippen molar-refractivity contribution in [1.82, 2.24) is 14.9 Å². The standard InChI is InChI=1S/C17H25N5/c1-5-18-16-9-10-19-17(21-16)20-12-15(22(3)4)14-8-6-7-13(2)11-14/h6-11,15H,5,12H2,1-4H3,(H2,18,19,20,21)/t15-/m1/s1. The summed E-state index contributed by atoms with van der Waals surface area (Å²) >= 11 is 0. The van der Waals surface area contributed by atoms with E-state index in [-0.39, 0.29) is 6.04 Å². The molecule has 0 radical (unpaired) electrons. The Morgan fingerprint density at radius 3 is 2.68 bits per heavy atom. The van der Waals surface area contributed by atoms with Crippen molar-refractivity contribution in [3.63, 3.8) is 0 Å². The van der Waals surface area contributed by atoms with Gasteiger partial charge < -0.3 is 15.5 Å². The molecular weight excluding hydrogens is 274 g/mol. The van der Waals surface area contributed by atoms with Crippen molar-refractivity contribution in [2.75, 3.05) is 37.8 Å². The molecule has 118 valence electrons. The normalized spacial score (nSPS) is 12.2. The molecule has 2 N–H and O–H groups in total. The van der Waals surface area contributed by atoms with Crippen LogP contribution in [0.4, 0.5) is 11.8 Å². The average Bonchev–Trinajstić information content (AvgIpc) is 2.48. The Morgan fingerprint density at radius 2 is 2.00 bits per heavy atom. The van der Waals surface area contributed by atoms with Gasteiger partial charge in [-0.05, 0) is 39.6 Å². The minimum absolute atomic E-state index is 0.270. The van der Waals surface area contributed by atoms with Gasteiger partial charge in [0, 0.05) is 19.3 Å². The second-order valence-electron chi connectivity index (χ2n) is 5.57. The number of hydrogen-bond acceptors (Lipinski definition) is 5. The minimum Gasteiger partial charge on any atom is -0.370 e. The molecule has 1 atom stereocenters. The lowest BCUT2D eigenvalue weighted by Crippen LogP contribution is -2.27. The van der Waals surface area contributed by atoms with Gasteiger partial charge in [0.05, 0.1) is 6.04 Å². The van der Waals surface area contributed by atoms with Gasteiger partial charge in [0.25, 0.3) is 0 Å². The summed E-state index contributed by atoms with van der Waals surface area (Å²) in [5.41, 5.74) is 2.56. The van der Waals surface area contributed by atoms with Crippen LogP contribution in [-0.2, 0) is 0 Å². The summed E-state index contributed by atoms with van der Waals surface area (Å²) < 4.78 is 0. The van der Waals surface area contributed by atoms with Crippen molar-refractivity contribution in [2.24, 2.45) is 0 Å². The van der Waals surface area contributed by atoms with E-state index in [2.05, 4.69) is 77.7 Å². The Hall–Kier alpha value is -2.14. The highest BCUT2D eigenvalue weighted by Gasteiger charge is 2.14. The van der Waals surface area contributed by atoms with Crippen LogP contribution < -0.4 is 10.6 Å². The maximum Gasteiger partial charge on any atom is 0.224 e. The highest BCUT2D eigenvalue weighted by atomic mass is 15.2. The van der Waals surface area contributed by atoms with Crippen LogP contribution in [-0.4, -0.2) is 42.1 Å². The van der Waals surface area contributed by atoms with Gasteiger partial charge in [0.15, 0.2) is 0 Å². The van der Waals surface area contributed by atoms with Crippen LogP contribution in [0.2, 0.25) is 0 Å². The summed E-state index contributed by atoms with van der Waals surface area (Å²) in [6.45, 7) is 5.77. The van der Waals surface area contributed by atoms with Crippen molar-refractivity contribution in [2.45, 2.75) is 19.9 Å². The molecule has 1 aromatic heterocycles. The zero-order valence-corrected chi connectivity index (χ0v) is 13.8. The van der Waals surface area contributed by atoms with E-state index in [0.29, 0.717) is 5.95 Å². The molecule has 1 heterocycles. The van der Waals surface area contributed by atoms with Gasteiger partial charge in [0.1, 0.15) is 5.82 Å². The maximum absolute atomic E-state index is 4.45. The SMILES string of the molecule is CCNc1ccnc(NC[C@H](c2cccc(C)c2)N(C)C)n1. The van der Waals surface area contributed by atoms with Crippen LogP contribution in [0.1, 0.15) is 24.1 Å². The zero-order valence-electron chi connectivity index (χ0n) is 13.8. The van der Waals surface area contributed by atoms with Crippen LogP contribution in [0, 0.1) is 6.92 Å². The summed E-state index contributed by atoms with van der Waals surface area (Å²) in [6, 6.07) is 10.7. The lowest BCUT2D eigenvalue weighted by Gasteiger charge is -2.25. The van der Waals surface area contributed by atoms with E-state index >= 15 is 0 Å². The summed E-state index contributed by atoms with van der Waals surface area (Å²) in [5.74, 6) is 1.50. The Labute approximate surface area is 132 Å². The number of aryl methyl sites for hydroxylation is 1. The van der Waals surface area contributed by atoms with E-state index in [0.717, 1.165) is 18.9 Å². The zero-order chi connectivity index (χ0) is 15.9. The second-order valence-corrected chi connectivity index (χ2v) is 5.57. The molecule has 2 aromatic rings. The van der Waals surface area contributed by atoms with Gasteiger partial charge in [-0.3, -0.25) is 0 Å². The van der Waals surface area contributed by atoms with E-state index < -0.39 is 0 Å². The van der Waals surface area contributed by atoms with Crippen molar-refractivity contribution in [3.8, 4) is 0 Å². The molecule has 5 heteroatoms. The summed E-state index contributed by atoms with van der Waals surface area (Å²) in [6.07, 6.45) is 1.77. The van der Waals surface area contributed by atoms with Crippen LogP contribution in [0.3, 0.4) is 0 Å². The molecular formula is C17H25N5. The summed E-state index contributed by atoms with van der Waals surface area (Å²) in [5, 5.41) is 6.53. The number of benzene rings is 1. The Bertz CT molecular complexity index is 597. The van der Waals surface area contributed by atoms with E-state index in [9.17, 15) is 0 Å². The van der Waals surface area contributed by atoms with Crippen molar-refractivity contribution in [3.05, 3.63) is 47.7 Å². The van der Waals surface area contributed by atoms with Crippen molar-refractivity contribution >= 4 is 11.8 Å². The predicted octanol–water partition coefficient (Wildman–Crippen LogP) is 2.93. The van der Waals surface area contributed by atoms with Gasteiger partial charge in [0.2, 0.25) is 5.95 Å². The van der Waals surface area contributed by atoms with E-state index in [1.807, 2.05) is 6.07 Å². The second kappa shape index (κ2) is 7.75. The number of nitrogens with one attached hydrogen (secondary N) is 2. The van der Waals surface area contributed by atoms with Gasteiger partial charge in [-0.15, -0.1) is 0 Å².